The Kier molecular flexibility index (Phi) is 4.31. The van der Waals surface area contributed by atoms with E-state index in [-0.39, 0.29) is 17.3 Å². The van der Waals surface area contributed by atoms with Crippen LogP contribution >= 0.6 is 12.2 Å². The third-order valence-electron chi connectivity index (χ3n) is 2.71. The zero-order valence-corrected chi connectivity index (χ0v) is 11.7. The van der Waals surface area contributed by atoms with Crippen molar-refractivity contribution in [3.05, 3.63) is 41.6 Å². The number of para-hydroxylation sites is 1. The molecule has 20 heavy (non-hydrogen) atoms. The first-order valence-corrected chi connectivity index (χ1v) is 6.27. The summed E-state index contributed by atoms with van der Waals surface area (Å²) in [5.41, 5.74) is 6.84. The number of aromatic nitrogens is 2. The molecule has 1 aromatic heterocycles. The highest BCUT2D eigenvalue weighted by molar-refractivity contribution is 7.80. The minimum atomic E-state index is -0.212. The van der Waals surface area contributed by atoms with Gasteiger partial charge in [0.05, 0.1) is 25.3 Å². The highest BCUT2D eigenvalue weighted by Crippen LogP contribution is 2.18. The topological polar surface area (TPSA) is 93.0 Å². The summed E-state index contributed by atoms with van der Waals surface area (Å²) in [6.45, 7) is 0. The van der Waals surface area contributed by atoms with Crippen molar-refractivity contribution in [1.29, 1.82) is 0 Å². The van der Waals surface area contributed by atoms with E-state index in [9.17, 15) is 4.79 Å². The molecule has 1 heterocycles. The van der Waals surface area contributed by atoms with Crippen LogP contribution in [0.4, 0.5) is 5.82 Å². The second kappa shape index (κ2) is 6.16. The Morgan fingerprint density at radius 1 is 1.50 bits per heavy atom. The largest absolute Gasteiger partial charge is 0.496 e. The first kappa shape index (κ1) is 14.0. The Morgan fingerprint density at radius 3 is 2.95 bits per heavy atom. The summed E-state index contributed by atoms with van der Waals surface area (Å²) in [4.78, 5) is 12.2. The van der Waals surface area contributed by atoms with Gasteiger partial charge in [-0.25, -0.2) is 0 Å². The van der Waals surface area contributed by atoms with Gasteiger partial charge in [-0.15, -0.1) is 0 Å². The normalized spacial score (nSPS) is 10.1. The second-order valence-corrected chi connectivity index (χ2v) is 4.50. The van der Waals surface area contributed by atoms with Gasteiger partial charge in [0, 0.05) is 5.56 Å². The molecule has 0 bridgehead atoms. The second-order valence-electron chi connectivity index (χ2n) is 4.06. The SMILES string of the molecule is COc1ccccc1CC(=O)Nc1[nH]ncc1C(N)=S. The first-order valence-electron chi connectivity index (χ1n) is 5.86. The van der Waals surface area contributed by atoms with Crippen molar-refractivity contribution in [2.45, 2.75) is 6.42 Å². The van der Waals surface area contributed by atoms with Crippen LogP contribution in [0.25, 0.3) is 0 Å². The lowest BCUT2D eigenvalue weighted by molar-refractivity contribution is -0.115. The highest BCUT2D eigenvalue weighted by Gasteiger charge is 2.13. The molecule has 1 amide bonds. The van der Waals surface area contributed by atoms with E-state index >= 15 is 0 Å². The van der Waals surface area contributed by atoms with Gasteiger partial charge < -0.3 is 15.8 Å². The number of methoxy groups -OCH3 is 1. The average Bonchev–Trinajstić information content (AvgIpc) is 2.87. The summed E-state index contributed by atoms with van der Waals surface area (Å²) in [6.07, 6.45) is 1.65. The number of hydrogen-bond donors (Lipinski definition) is 3. The van der Waals surface area contributed by atoms with Gasteiger partial charge in [0.1, 0.15) is 16.6 Å². The van der Waals surface area contributed by atoms with Crippen LogP contribution in [0.3, 0.4) is 0 Å². The summed E-state index contributed by atoms with van der Waals surface area (Å²) in [7, 11) is 1.57. The molecule has 4 N–H and O–H groups in total. The number of ether oxygens (including phenoxy) is 1. The van der Waals surface area contributed by atoms with Gasteiger partial charge in [-0.1, -0.05) is 30.4 Å². The van der Waals surface area contributed by atoms with E-state index in [1.165, 1.54) is 6.20 Å². The Bertz CT molecular complexity index is 639. The Balaban J connectivity index is 2.09. The maximum atomic E-state index is 12.0. The zero-order chi connectivity index (χ0) is 14.5. The number of aromatic amines is 1. The third-order valence-corrected chi connectivity index (χ3v) is 2.93. The molecule has 0 radical (unpaired) electrons. The molecule has 2 rings (SSSR count). The number of anilines is 1. The number of carbonyl (C=O) groups is 1. The van der Waals surface area contributed by atoms with Gasteiger partial charge in [0.25, 0.3) is 0 Å². The van der Waals surface area contributed by atoms with Crippen molar-refractivity contribution < 1.29 is 9.53 Å². The van der Waals surface area contributed by atoms with Crippen molar-refractivity contribution in [2.75, 3.05) is 12.4 Å². The van der Waals surface area contributed by atoms with Crippen LogP contribution < -0.4 is 15.8 Å². The van der Waals surface area contributed by atoms with Gasteiger partial charge >= 0.3 is 0 Å². The van der Waals surface area contributed by atoms with E-state index in [1.54, 1.807) is 13.2 Å². The molecule has 0 unspecified atom stereocenters. The fourth-order valence-electron chi connectivity index (χ4n) is 1.77. The van der Waals surface area contributed by atoms with E-state index in [2.05, 4.69) is 15.5 Å². The molecule has 0 aliphatic rings. The lowest BCUT2D eigenvalue weighted by Gasteiger charge is -2.08. The highest BCUT2D eigenvalue weighted by atomic mass is 32.1. The number of carbonyl (C=O) groups excluding carboxylic acids is 1. The monoisotopic (exact) mass is 290 g/mol. The smallest absolute Gasteiger partial charge is 0.230 e. The number of thiocarbonyl (C=S) groups is 1. The van der Waals surface area contributed by atoms with Crippen LogP contribution in [0.1, 0.15) is 11.1 Å². The molecule has 0 saturated carbocycles. The van der Waals surface area contributed by atoms with Gasteiger partial charge in [0.15, 0.2) is 0 Å². The number of nitrogens with two attached hydrogens (primary N) is 1. The fourth-order valence-corrected chi connectivity index (χ4v) is 1.93. The van der Waals surface area contributed by atoms with E-state index in [4.69, 9.17) is 22.7 Å². The number of rotatable bonds is 5. The molecule has 0 spiro atoms. The van der Waals surface area contributed by atoms with E-state index < -0.39 is 0 Å². The maximum Gasteiger partial charge on any atom is 0.230 e. The van der Waals surface area contributed by atoms with Gasteiger partial charge in [-0.05, 0) is 6.07 Å². The molecule has 7 heteroatoms. The average molecular weight is 290 g/mol. The first-order chi connectivity index (χ1) is 9.61. The van der Waals surface area contributed by atoms with Crippen LogP contribution in [-0.4, -0.2) is 28.2 Å². The van der Waals surface area contributed by atoms with Crippen molar-refractivity contribution in [3.63, 3.8) is 0 Å². The van der Waals surface area contributed by atoms with E-state index in [0.717, 1.165) is 5.56 Å². The zero-order valence-electron chi connectivity index (χ0n) is 10.8. The lowest BCUT2D eigenvalue weighted by Crippen LogP contribution is -2.18. The number of benzene rings is 1. The molecule has 6 nitrogen and oxygen atoms in total. The molecular formula is C13H14N4O2S. The minimum absolute atomic E-state index is 0.173. The number of nitrogens with zero attached hydrogens (tertiary/aromatic N) is 1. The predicted molar refractivity (Wildman–Crippen MR) is 79.8 cm³/mol. The van der Waals surface area contributed by atoms with Crippen LogP contribution in [-0.2, 0) is 11.2 Å². The molecular weight excluding hydrogens is 276 g/mol. The number of hydrogen-bond acceptors (Lipinski definition) is 4. The molecule has 0 atom stereocenters. The van der Waals surface area contributed by atoms with Crippen molar-refractivity contribution in [1.82, 2.24) is 10.2 Å². The van der Waals surface area contributed by atoms with Crippen molar-refractivity contribution >= 4 is 28.9 Å². The quantitative estimate of drug-likeness (QED) is 0.720. The molecule has 0 aliphatic heterocycles. The predicted octanol–water partition coefficient (Wildman–Crippen LogP) is 1.23. The molecule has 0 fully saturated rings. The molecule has 0 saturated heterocycles. The fraction of sp³-hybridized carbons (Fsp3) is 0.154. The van der Waals surface area contributed by atoms with Gasteiger partial charge in [-0.2, -0.15) is 5.10 Å². The number of amides is 1. The molecule has 1 aromatic carbocycles. The Hall–Kier alpha value is -2.41. The van der Waals surface area contributed by atoms with E-state index in [1.807, 2.05) is 18.2 Å². The summed E-state index contributed by atoms with van der Waals surface area (Å²) in [5.74, 6) is 0.857. The van der Waals surface area contributed by atoms with E-state index in [0.29, 0.717) is 17.1 Å². The summed E-state index contributed by atoms with van der Waals surface area (Å²) >= 11 is 4.87. The number of H-pyrrole nitrogens is 1. The van der Waals surface area contributed by atoms with Crippen LogP contribution in [0.2, 0.25) is 0 Å². The Labute approximate surface area is 121 Å². The summed E-state index contributed by atoms with van der Waals surface area (Å²) in [6, 6.07) is 7.33. The van der Waals surface area contributed by atoms with Gasteiger partial charge in [0.2, 0.25) is 5.91 Å². The lowest BCUT2D eigenvalue weighted by atomic mass is 10.1. The van der Waals surface area contributed by atoms with Gasteiger partial charge in [-0.3, -0.25) is 9.89 Å². The Morgan fingerprint density at radius 2 is 2.25 bits per heavy atom. The summed E-state index contributed by atoms with van der Waals surface area (Å²) < 4.78 is 5.20. The number of nitrogens with one attached hydrogen (secondary N) is 2. The summed E-state index contributed by atoms with van der Waals surface area (Å²) in [5, 5.41) is 9.15. The molecule has 104 valence electrons. The van der Waals surface area contributed by atoms with Crippen LogP contribution in [0.5, 0.6) is 5.75 Å². The van der Waals surface area contributed by atoms with Crippen LogP contribution in [0.15, 0.2) is 30.5 Å². The molecule has 0 aliphatic carbocycles. The van der Waals surface area contributed by atoms with Crippen molar-refractivity contribution in [2.24, 2.45) is 5.73 Å². The third kappa shape index (κ3) is 3.12. The van der Waals surface area contributed by atoms with Crippen molar-refractivity contribution in [3.8, 4) is 5.75 Å². The standard InChI is InChI=1S/C13H14N4O2S/c1-19-10-5-3-2-4-8(10)6-11(18)16-13-9(12(14)20)7-15-17-13/h2-5,7H,6H2,1H3,(H2,14,20)(H2,15,16,17,18). The molecule has 2 aromatic rings. The van der Waals surface area contributed by atoms with Crippen LogP contribution in [0, 0.1) is 0 Å². The maximum absolute atomic E-state index is 12.0. The minimum Gasteiger partial charge on any atom is -0.496 e.